The Morgan fingerprint density at radius 1 is 1.20 bits per heavy atom. The van der Waals surface area contributed by atoms with Gasteiger partial charge in [-0.15, -0.1) is 0 Å². The molecule has 0 atom stereocenters. The van der Waals surface area contributed by atoms with Crippen LogP contribution in [0.4, 0.5) is 5.82 Å². The van der Waals surface area contributed by atoms with Gasteiger partial charge in [0.25, 0.3) is 0 Å². The third-order valence-electron chi connectivity index (χ3n) is 2.76. The predicted octanol–water partition coefficient (Wildman–Crippen LogP) is 2.43. The first-order valence-corrected chi connectivity index (χ1v) is 8.35. The molecule has 0 saturated carbocycles. The summed E-state index contributed by atoms with van der Waals surface area (Å²) in [6.45, 7) is 9.14. The SMILES string of the molecule is CNc1cc(S(=O)(=O)N(CC(C)C)CC(C)C)ccn1. The fourth-order valence-electron chi connectivity index (χ4n) is 1.94. The summed E-state index contributed by atoms with van der Waals surface area (Å²) in [7, 11) is -1.75. The van der Waals surface area contributed by atoms with E-state index >= 15 is 0 Å². The molecule has 5 nitrogen and oxygen atoms in total. The standard InChI is InChI=1S/C14H25N3O2S/c1-11(2)9-17(10-12(3)4)20(18,19)13-6-7-16-14(8-13)15-5/h6-8,11-12H,9-10H2,1-5H3,(H,15,16). The van der Waals surface area contributed by atoms with E-state index in [0.29, 0.717) is 18.9 Å². The molecule has 0 aliphatic rings. The average molecular weight is 299 g/mol. The fraction of sp³-hybridized carbons (Fsp3) is 0.643. The number of rotatable bonds is 7. The van der Waals surface area contributed by atoms with Crippen LogP contribution in [0.2, 0.25) is 0 Å². The van der Waals surface area contributed by atoms with Gasteiger partial charge >= 0.3 is 0 Å². The van der Waals surface area contributed by atoms with E-state index in [-0.39, 0.29) is 16.7 Å². The maximum Gasteiger partial charge on any atom is 0.243 e. The van der Waals surface area contributed by atoms with Crippen LogP contribution in [0.1, 0.15) is 27.7 Å². The highest BCUT2D eigenvalue weighted by Gasteiger charge is 2.26. The van der Waals surface area contributed by atoms with Crippen molar-refractivity contribution in [2.24, 2.45) is 11.8 Å². The van der Waals surface area contributed by atoms with Crippen LogP contribution < -0.4 is 5.32 Å². The number of anilines is 1. The van der Waals surface area contributed by atoms with Crippen LogP contribution in [0.15, 0.2) is 23.2 Å². The fourth-order valence-corrected chi connectivity index (χ4v) is 3.72. The molecule has 0 saturated heterocycles. The lowest BCUT2D eigenvalue weighted by Crippen LogP contribution is -2.37. The lowest BCUT2D eigenvalue weighted by atomic mass is 10.2. The molecule has 0 aliphatic heterocycles. The van der Waals surface area contributed by atoms with Crippen molar-refractivity contribution in [2.75, 3.05) is 25.5 Å². The molecule has 20 heavy (non-hydrogen) atoms. The van der Waals surface area contributed by atoms with Crippen molar-refractivity contribution in [3.63, 3.8) is 0 Å². The Hall–Kier alpha value is -1.14. The first-order valence-electron chi connectivity index (χ1n) is 6.91. The summed E-state index contributed by atoms with van der Waals surface area (Å²) in [6, 6.07) is 3.12. The van der Waals surface area contributed by atoms with Crippen molar-refractivity contribution in [3.8, 4) is 0 Å². The molecule has 1 rings (SSSR count). The summed E-state index contributed by atoms with van der Waals surface area (Å²) in [5.74, 6) is 1.13. The first-order chi connectivity index (χ1) is 9.27. The zero-order chi connectivity index (χ0) is 15.3. The highest BCUT2D eigenvalue weighted by atomic mass is 32.2. The molecule has 0 unspecified atom stereocenters. The molecule has 0 fully saturated rings. The van der Waals surface area contributed by atoms with Crippen molar-refractivity contribution >= 4 is 15.8 Å². The Bertz CT molecular complexity index is 517. The molecule has 114 valence electrons. The van der Waals surface area contributed by atoms with E-state index in [1.54, 1.807) is 23.5 Å². The Morgan fingerprint density at radius 2 is 1.75 bits per heavy atom. The van der Waals surface area contributed by atoms with Gasteiger partial charge in [-0.3, -0.25) is 0 Å². The van der Waals surface area contributed by atoms with Gasteiger partial charge in [0.15, 0.2) is 0 Å². The summed E-state index contributed by atoms with van der Waals surface area (Å²) in [6.07, 6.45) is 1.52. The van der Waals surface area contributed by atoms with E-state index in [1.165, 1.54) is 6.20 Å². The lowest BCUT2D eigenvalue weighted by molar-refractivity contribution is 0.333. The van der Waals surface area contributed by atoms with Crippen LogP contribution in [0.5, 0.6) is 0 Å². The molecular weight excluding hydrogens is 274 g/mol. The molecule has 0 spiro atoms. The minimum Gasteiger partial charge on any atom is -0.373 e. The van der Waals surface area contributed by atoms with Crippen molar-refractivity contribution in [1.29, 1.82) is 0 Å². The third-order valence-corrected chi connectivity index (χ3v) is 4.59. The number of aromatic nitrogens is 1. The lowest BCUT2D eigenvalue weighted by Gasteiger charge is -2.25. The van der Waals surface area contributed by atoms with Crippen molar-refractivity contribution in [2.45, 2.75) is 32.6 Å². The molecule has 1 heterocycles. The molecule has 1 aromatic heterocycles. The second-order valence-electron chi connectivity index (χ2n) is 5.74. The predicted molar refractivity (Wildman–Crippen MR) is 82.2 cm³/mol. The van der Waals surface area contributed by atoms with E-state index < -0.39 is 10.0 Å². The van der Waals surface area contributed by atoms with E-state index in [2.05, 4.69) is 10.3 Å². The summed E-state index contributed by atoms with van der Waals surface area (Å²) in [5.41, 5.74) is 0. The maximum atomic E-state index is 12.7. The largest absolute Gasteiger partial charge is 0.373 e. The highest BCUT2D eigenvalue weighted by molar-refractivity contribution is 7.89. The zero-order valence-electron chi connectivity index (χ0n) is 12.9. The zero-order valence-corrected chi connectivity index (χ0v) is 13.7. The third kappa shape index (κ3) is 4.45. The number of nitrogens with zero attached hydrogens (tertiary/aromatic N) is 2. The quantitative estimate of drug-likeness (QED) is 0.840. The number of nitrogens with one attached hydrogen (secondary N) is 1. The smallest absolute Gasteiger partial charge is 0.243 e. The Morgan fingerprint density at radius 3 is 2.20 bits per heavy atom. The molecule has 0 amide bonds. The Balaban J connectivity index is 3.13. The van der Waals surface area contributed by atoms with E-state index in [9.17, 15) is 8.42 Å². The molecular formula is C14H25N3O2S. The van der Waals surface area contributed by atoms with Crippen LogP contribution in [0, 0.1) is 11.8 Å². The molecule has 1 aromatic rings. The van der Waals surface area contributed by atoms with E-state index in [1.807, 2.05) is 27.7 Å². The second-order valence-corrected chi connectivity index (χ2v) is 7.67. The first kappa shape index (κ1) is 16.9. The van der Waals surface area contributed by atoms with Crippen LogP contribution in [-0.4, -0.2) is 37.8 Å². The molecule has 0 bridgehead atoms. The van der Waals surface area contributed by atoms with Gasteiger partial charge in [0, 0.05) is 32.4 Å². The van der Waals surface area contributed by atoms with Gasteiger partial charge in [0.1, 0.15) is 5.82 Å². The number of hydrogen-bond acceptors (Lipinski definition) is 4. The van der Waals surface area contributed by atoms with Gasteiger partial charge in [-0.1, -0.05) is 27.7 Å². The Kier molecular flexibility index (Phi) is 5.95. The van der Waals surface area contributed by atoms with Crippen LogP contribution in [-0.2, 0) is 10.0 Å². The normalized spacial score (nSPS) is 12.4. The van der Waals surface area contributed by atoms with Gasteiger partial charge in [-0.2, -0.15) is 4.31 Å². The Labute approximate surface area is 122 Å². The molecule has 0 radical (unpaired) electrons. The maximum absolute atomic E-state index is 12.7. The molecule has 1 N–H and O–H groups in total. The topological polar surface area (TPSA) is 62.3 Å². The summed E-state index contributed by atoms with van der Waals surface area (Å²) >= 11 is 0. The number of pyridine rings is 1. The average Bonchev–Trinajstić information content (AvgIpc) is 2.37. The van der Waals surface area contributed by atoms with Gasteiger partial charge < -0.3 is 5.32 Å². The number of sulfonamides is 1. The van der Waals surface area contributed by atoms with Crippen molar-refractivity contribution in [1.82, 2.24) is 9.29 Å². The monoisotopic (exact) mass is 299 g/mol. The van der Waals surface area contributed by atoms with E-state index in [4.69, 9.17) is 0 Å². The van der Waals surface area contributed by atoms with Crippen LogP contribution >= 0.6 is 0 Å². The van der Waals surface area contributed by atoms with Gasteiger partial charge in [-0.05, 0) is 17.9 Å². The van der Waals surface area contributed by atoms with Gasteiger partial charge in [0.05, 0.1) is 4.90 Å². The molecule has 6 heteroatoms. The number of hydrogen-bond donors (Lipinski definition) is 1. The minimum atomic E-state index is -3.47. The summed E-state index contributed by atoms with van der Waals surface area (Å²) < 4.78 is 27.1. The summed E-state index contributed by atoms with van der Waals surface area (Å²) in [5, 5.41) is 2.87. The second kappa shape index (κ2) is 7.04. The van der Waals surface area contributed by atoms with E-state index in [0.717, 1.165) is 0 Å². The molecule has 0 aliphatic carbocycles. The summed E-state index contributed by atoms with van der Waals surface area (Å²) in [4.78, 5) is 4.35. The van der Waals surface area contributed by atoms with Crippen LogP contribution in [0.3, 0.4) is 0 Å². The highest BCUT2D eigenvalue weighted by Crippen LogP contribution is 2.20. The van der Waals surface area contributed by atoms with Crippen LogP contribution in [0.25, 0.3) is 0 Å². The molecule has 0 aromatic carbocycles. The van der Waals surface area contributed by atoms with Gasteiger partial charge in [-0.25, -0.2) is 13.4 Å². The van der Waals surface area contributed by atoms with Crippen molar-refractivity contribution in [3.05, 3.63) is 18.3 Å². The minimum absolute atomic E-state index is 0.286. The van der Waals surface area contributed by atoms with Gasteiger partial charge in [0.2, 0.25) is 10.0 Å². The van der Waals surface area contributed by atoms with Crippen molar-refractivity contribution < 1.29 is 8.42 Å².